The van der Waals surface area contributed by atoms with Gasteiger partial charge < -0.3 is 10.5 Å². The highest BCUT2D eigenvalue weighted by atomic mass is 16.5. The normalized spacial score (nSPS) is 10.2. The number of benzene rings is 2. The van der Waals surface area contributed by atoms with Crippen LogP contribution in [0, 0.1) is 0 Å². The lowest BCUT2D eigenvalue weighted by Crippen LogP contribution is -2.10. The number of pyridine rings is 1. The average molecular weight is 332 g/mol. The molecule has 3 aromatic rings. The molecule has 0 aliphatic rings. The monoisotopic (exact) mass is 332 g/mol. The highest BCUT2D eigenvalue weighted by Crippen LogP contribution is 2.20. The minimum absolute atomic E-state index is 0.360. The first-order chi connectivity index (χ1) is 12.2. The molecule has 0 fully saturated rings. The van der Waals surface area contributed by atoms with Crippen molar-refractivity contribution in [2.45, 2.75) is 6.61 Å². The third kappa shape index (κ3) is 3.90. The van der Waals surface area contributed by atoms with E-state index in [0.717, 1.165) is 23.1 Å². The Morgan fingerprint density at radius 3 is 2.44 bits per heavy atom. The van der Waals surface area contributed by atoms with E-state index in [0.29, 0.717) is 23.5 Å². The maximum Gasteiger partial charge on any atom is 0.250 e. The zero-order chi connectivity index (χ0) is 17.6. The van der Waals surface area contributed by atoms with Crippen LogP contribution in [0.3, 0.4) is 0 Å². The molecule has 2 N–H and O–H groups in total. The second-order valence-corrected chi connectivity index (χ2v) is 5.44. The second-order valence-electron chi connectivity index (χ2n) is 5.44. The van der Waals surface area contributed by atoms with Crippen molar-refractivity contribution >= 4 is 12.2 Å². The Labute approximate surface area is 145 Å². The number of amides is 1. The van der Waals surface area contributed by atoms with Crippen LogP contribution in [0.4, 0.5) is 0 Å². The van der Waals surface area contributed by atoms with Gasteiger partial charge in [-0.05, 0) is 29.8 Å². The van der Waals surface area contributed by atoms with Crippen molar-refractivity contribution in [1.82, 2.24) is 4.98 Å². The van der Waals surface area contributed by atoms with Crippen LogP contribution in [0.1, 0.15) is 26.3 Å². The fourth-order valence-electron chi connectivity index (χ4n) is 2.35. The largest absolute Gasteiger partial charge is 0.488 e. The van der Waals surface area contributed by atoms with Gasteiger partial charge in [0.05, 0.1) is 16.8 Å². The van der Waals surface area contributed by atoms with E-state index in [-0.39, 0.29) is 0 Å². The number of carbonyl (C=O) groups excluding carboxylic acids is 2. The van der Waals surface area contributed by atoms with E-state index < -0.39 is 5.91 Å². The summed E-state index contributed by atoms with van der Waals surface area (Å²) in [6, 6.07) is 18.2. The molecule has 0 unspecified atom stereocenters. The van der Waals surface area contributed by atoms with Crippen LogP contribution in [0.25, 0.3) is 11.3 Å². The fourth-order valence-corrected chi connectivity index (χ4v) is 2.35. The van der Waals surface area contributed by atoms with Gasteiger partial charge in [0.15, 0.2) is 6.29 Å². The topological polar surface area (TPSA) is 82.3 Å². The zero-order valence-electron chi connectivity index (χ0n) is 13.4. The molecule has 124 valence electrons. The van der Waals surface area contributed by atoms with Gasteiger partial charge in [-0.15, -0.1) is 0 Å². The summed E-state index contributed by atoms with van der Waals surface area (Å²) in [5, 5.41) is 0. The highest BCUT2D eigenvalue weighted by molar-refractivity contribution is 5.92. The van der Waals surface area contributed by atoms with E-state index in [1.807, 2.05) is 30.3 Å². The van der Waals surface area contributed by atoms with E-state index in [4.69, 9.17) is 10.5 Å². The van der Waals surface area contributed by atoms with Crippen LogP contribution in [0.2, 0.25) is 0 Å². The standard InChI is InChI=1S/C20H16N2O3/c21-20(24)16-9-10-18(22-11-16)15-7-5-14(6-8-15)13-25-19-4-2-1-3-17(19)12-23/h1-12H,13H2,(H2,21,24). The lowest BCUT2D eigenvalue weighted by molar-refractivity contribution is 0.0999. The molecule has 0 radical (unpaired) electrons. The molecular formula is C20H16N2O3. The van der Waals surface area contributed by atoms with Gasteiger partial charge in [-0.25, -0.2) is 0 Å². The Kier molecular flexibility index (Phi) is 4.85. The summed E-state index contributed by atoms with van der Waals surface area (Å²) < 4.78 is 5.70. The molecule has 1 amide bonds. The number of primary amides is 1. The number of nitrogens with zero attached hydrogens (tertiary/aromatic N) is 1. The van der Waals surface area contributed by atoms with Crippen LogP contribution < -0.4 is 10.5 Å². The number of nitrogens with two attached hydrogens (primary N) is 1. The molecule has 0 aliphatic carbocycles. The minimum atomic E-state index is -0.498. The van der Waals surface area contributed by atoms with Crippen molar-refractivity contribution in [3.8, 4) is 17.0 Å². The molecule has 5 nitrogen and oxygen atoms in total. The Morgan fingerprint density at radius 2 is 1.80 bits per heavy atom. The van der Waals surface area contributed by atoms with Gasteiger partial charge >= 0.3 is 0 Å². The fraction of sp³-hybridized carbons (Fsp3) is 0.0500. The molecule has 1 heterocycles. The summed E-state index contributed by atoms with van der Waals surface area (Å²) in [4.78, 5) is 26.3. The molecule has 5 heteroatoms. The van der Waals surface area contributed by atoms with Crippen molar-refractivity contribution in [3.05, 3.63) is 83.6 Å². The number of carbonyl (C=O) groups is 2. The molecule has 0 aliphatic heterocycles. The van der Waals surface area contributed by atoms with E-state index >= 15 is 0 Å². The SMILES string of the molecule is NC(=O)c1ccc(-c2ccc(COc3ccccc3C=O)cc2)nc1. The third-order valence-corrected chi connectivity index (χ3v) is 3.74. The van der Waals surface area contributed by atoms with Crippen molar-refractivity contribution in [2.75, 3.05) is 0 Å². The van der Waals surface area contributed by atoms with Crippen LogP contribution in [0.15, 0.2) is 66.9 Å². The second kappa shape index (κ2) is 7.40. The number of aromatic nitrogens is 1. The number of ether oxygens (including phenoxy) is 1. The summed E-state index contributed by atoms with van der Waals surface area (Å²) in [6.07, 6.45) is 2.24. The number of para-hydroxylation sites is 1. The van der Waals surface area contributed by atoms with E-state index in [9.17, 15) is 9.59 Å². The number of aldehydes is 1. The number of hydrogen-bond acceptors (Lipinski definition) is 4. The average Bonchev–Trinajstić information content (AvgIpc) is 2.67. The summed E-state index contributed by atoms with van der Waals surface area (Å²) in [7, 11) is 0. The smallest absolute Gasteiger partial charge is 0.250 e. The quantitative estimate of drug-likeness (QED) is 0.703. The highest BCUT2D eigenvalue weighted by Gasteiger charge is 2.05. The van der Waals surface area contributed by atoms with Crippen molar-refractivity contribution < 1.29 is 14.3 Å². The lowest BCUT2D eigenvalue weighted by Gasteiger charge is -2.09. The Hall–Kier alpha value is -3.47. The van der Waals surface area contributed by atoms with Gasteiger partial charge in [-0.2, -0.15) is 0 Å². The van der Waals surface area contributed by atoms with Crippen LogP contribution in [0.5, 0.6) is 5.75 Å². The molecule has 3 rings (SSSR count). The lowest BCUT2D eigenvalue weighted by atomic mass is 10.1. The molecule has 25 heavy (non-hydrogen) atoms. The Bertz CT molecular complexity index is 888. The van der Waals surface area contributed by atoms with Crippen molar-refractivity contribution in [1.29, 1.82) is 0 Å². The van der Waals surface area contributed by atoms with Gasteiger partial charge in [0.1, 0.15) is 12.4 Å². The predicted octanol–water partition coefficient (Wildman–Crippen LogP) is 3.24. The minimum Gasteiger partial charge on any atom is -0.488 e. The van der Waals surface area contributed by atoms with Crippen molar-refractivity contribution in [2.24, 2.45) is 5.73 Å². The molecule has 0 atom stereocenters. The molecule has 0 saturated carbocycles. The molecule has 0 spiro atoms. The third-order valence-electron chi connectivity index (χ3n) is 3.74. The number of hydrogen-bond donors (Lipinski definition) is 1. The Balaban J connectivity index is 1.69. The summed E-state index contributed by atoms with van der Waals surface area (Å²) in [5.74, 6) is 0.0624. The molecule has 1 aromatic heterocycles. The van der Waals surface area contributed by atoms with E-state index in [2.05, 4.69) is 4.98 Å². The van der Waals surface area contributed by atoms with Gasteiger partial charge in [0.25, 0.3) is 0 Å². The first kappa shape index (κ1) is 16.4. The molecular weight excluding hydrogens is 316 g/mol. The van der Waals surface area contributed by atoms with Crippen molar-refractivity contribution in [3.63, 3.8) is 0 Å². The maximum atomic E-state index is 11.1. The maximum absolute atomic E-state index is 11.1. The van der Waals surface area contributed by atoms with Crippen LogP contribution in [-0.4, -0.2) is 17.2 Å². The molecule has 0 saturated heterocycles. The molecule has 0 bridgehead atoms. The summed E-state index contributed by atoms with van der Waals surface area (Å²) >= 11 is 0. The first-order valence-corrected chi connectivity index (χ1v) is 7.69. The van der Waals surface area contributed by atoms with Crippen LogP contribution >= 0.6 is 0 Å². The van der Waals surface area contributed by atoms with Gasteiger partial charge in [-0.1, -0.05) is 36.4 Å². The van der Waals surface area contributed by atoms with Gasteiger partial charge in [-0.3, -0.25) is 14.6 Å². The summed E-state index contributed by atoms with van der Waals surface area (Å²) in [5.41, 5.74) is 8.76. The summed E-state index contributed by atoms with van der Waals surface area (Å²) in [6.45, 7) is 0.360. The van der Waals surface area contributed by atoms with E-state index in [1.54, 1.807) is 30.3 Å². The zero-order valence-corrected chi connectivity index (χ0v) is 13.4. The first-order valence-electron chi connectivity index (χ1n) is 7.69. The molecule has 2 aromatic carbocycles. The van der Waals surface area contributed by atoms with Gasteiger partial charge in [0.2, 0.25) is 5.91 Å². The van der Waals surface area contributed by atoms with Gasteiger partial charge in [0, 0.05) is 11.8 Å². The number of rotatable bonds is 6. The van der Waals surface area contributed by atoms with E-state index in [1.165, 1.54) is 6.20 Å². The Morgan fingerprint density at radius 1 is 1.04 bits per heavy atom. The van der Waals surface area contributed by atoms with Crippen LogP contribution in [-0.2, 0) is 6.61 Å². The predicted molar refractivity (Wildman–Crippen MR) is 94.4 cm³/mol.